The third-order valence-corrected chi connectivity index (χ3v) is 7.33. The number of carbonyl (C=O) groups excluding carboxylic acids is 3. The first-order valence-electron chi connectivity index (χ1n) is 12.1. The van der Waals surface area contributed by atoms with Crippen LogP contribution in [-0.4, -0.2) is 68.6 Å². The van der Waals surface area contributed by atoms with Crippen molar-refractivity contribution in [3.8, 4) is 0 Å². The summed E-state index contributed by atoms with van der Waals surface area (Å²) >= 11 is 0. The number of nitrogens with one attached hydrogen (secondary N) is 2. The van der Waals surface area contributed by atoms with Crippen molar-refractivity contribution in [1.82, 2.24) is 25.4 Å². The fourth-order valence-corrected chi connectivity index (χ4v) is 5.52. The minimum Gasteiger partial charge on any atom is -0.501 e. The average molecular weight is 512 g/mol. The van der Waals surface area contributed by atoms with E-state index in [1.807, 2.05) is 0 Å². The standard InChI is InChI=1S/C26H27F2N5O4/c1-15-11-16(4-5-19(15)28)12-30-23(36)20-21(34)24(37)33-14-18(27)6-7-26(8-10-32(20)25(26)33)31-22(35)17-3-2-9-29-13-17/h2-5,9,11,13,18,25,34H,6-8,10,12,14H2,1H3,(H,30,36)(H,31,35). The molecule has 3 aliphatic heterocycles. The van der Waals surface area contributed by atoms with Crippen molar-refractivity contribution in [3.05, 3.63) is 76.7 Å². The van der Waals surface area contributed by atoms with Crippen LogP contribution in [0.25, 0.3) is 0 Å². The van der Waals surface area contributed by atoms with Gasteiger partial charge in [0.25, 0.3) is 17.7 Å². The van der Waals surface area contributed by atoms with E-state index in [0.29, 0.717) is 23.1 Å². The number of carbonyl (C=O) groups is 3. The Kier molecular flexibility index (Phi) is 6.30. The van der Waals surface area contributed by atoms with Crippen LogP contribution in [0.15, 0.2) is 54.2 Å². The number of nitrogens with zero attached hydrogens (tertiary/aromatic N) is 3. The van der Waals surface area contributed by atoms with Gasteiger partial charge >= 0.3 is 0 Å². The summed E-state index contributed by atoms with van der Waals surface area (Å²) < 4.78 is 28.4. The Hall–Kier alpha value is -4.02. The molecule has 2 aromatic rings. The molecule has 3 atom stereocenters. The average Bonchev–Trinajstić information content (AvgIpc) is 3.17. The molecular formula is C26H27F2N5O4. The van der Waals surface area contributed by atoms with Gasteiger partial charge in [-0.3, -0.25) is 19.4 Å². The smallest absolute Gasteiger partial charge is 0.292 e. The summed E-state index contributed by atoms with van der Waals surface area (Å²) in [6.45, 7) is 1.64. The van der Waals surface area contributed by atoms with E-state index in [2.05, 4.69) is 15.6 Å². The number of pyridine rings is 1. The summed E-state index contributed by atoms with van der Waals surface area (Å²) in [6.07, 6.45) is 1.43. The maximum Gasteiger partial charge on any atom is 0.292 e. The molecule has 9 nitrogen and oxygen atoms in total. The van der Waals surface area contributed by atoms with Crippen LogP contribution in [-0.2, 0) is 16.1 Å². The molecule has 0 bridgehead atoms. The van der Waals surface area contributed by atoms with Crippen LogP contribution in [0.3, 0.4) is 0 Å². The molecule has 194 valence electrons. The van der Waals surface area contributed by atoms with E-state index in [9.17, 15) is 28.3 Å². The first-order chi connectivity index (χ1) is 17.7. The zero-order valence-corrected chi connectivity index (χ0v) is 20.2. The monoisotopic (exact) mass is 511 g/mol. The quantitative estimate of drug-likeness (QED) is 0.567. The summed E-state index contributed by atoms with van der Waals surface area (Å²) in [7, 11) is 0. The molecule has 3 N–H and O–H groups in total. The van der Waals surface area contributed by atoms with E-state index in [-0.39, 0.29) is 44.0 Å². The zero-order valence-electron chi connectivity index (χ0n) is 20.2. The summed E-state index contributed by atoms with van der Waals surface area (Å²) in [5, 5.41) is 16.5. The highest BCUT2D eigenvalue weighted by atomic mass is 19.1. The number of benzene rings is 1. The summed E-state index contributed by atoms with van der Waals surface area (Å²) in [4.78, 5) is 46.3. The lowest BCUT2D eigenvalue weighted by atomic mass is 9.88. The Labute approximate surface area is 212 Å². The third kappa shape index (κ3) is 4.38. The maximum atomic E-state index is 14.8. The molecule has 37 heavy (non-hydrogen) atoms. The van der Waals surface area contributed by atoms with Gasteiger partial charge in [0.1, 0.15) is 18.2 Å². The van der Waals surface area contributed by atoms with Gasteiger partial charge in [0.2, 0.25) is 5.76 Å². The number of hydrogen-bond donors (Lipinski definition) is 3. The second kappa shape index (κ2) is 9.45. The molecule has 2 saturated heterocycles. The van der Waals surface area contributed by atoms with E-state index in [1.165, 1.54) is 23.2 Å². The Morgan fingerprint density at radius 2 is 2.03 bits per heavy atom. The van der Waals surface area contributed by atoms with Crippen molar-refractivity contribution in [2.75, 3.05) is 13.1 Å². The van der Waals surface area contributed by atoms with Crippen LogP contribution in [0.1, 0.15) is 40.7 Å². The lowest BCUT2D eigenvalue weighted by molar-refractivity contribution is -0.142. The van der Waals surface area contributed by atoms with Gasteiger partial charge in [0.15, 0.2) is 5.70 Å². The van der Waals surface area contributed by atoms with Crippen LogP contribution in [0.4, 0.5) is 8.78 Å². The van der Waals surface area contributed by atoms with Crippen LogP contribution < -0.4 is 10.6 Å². The fraction of sp³-hybridized carbons (Fsp3) is 0.385. The number of hydrogen-bond acceptors (Lipinski definition) is 6. The van der Waals surface area contributed by atoms with Gasteiger partial charge in [-0.2, -0.15) is 0 Å². The van der Waals surface area contributed by atoms with Gasteiger partial charge in [-0.15, -0.1) is 0 Å². The van der Waals surface area contributed by atoms with Gasteiger partial charge in [-0.25, -0.2) is 8.78 Å². The van der Waals surface area contributed by atoms with Crippen LogP contribution in [0, 0.1) is 12.7 Å². The molecule has 11 heteroatoms. The van der Waals surface area contributed by atoms with E-state index in [1.54, 1.807) is 36.2 Å². The second-order valence-corrected chi connectivity index (χ2v) is 9.73. The number of aliphatic hydroxyl groups is 1. The number of aryl methyl sites for hydroxylation is 1. The second-order valence-electron chi connectivity index (χ2n) is 9.73. The zero-order chi connectivity index (χ0) is 26.3. The fourth-order valence-electron chi connectivity index (χ4n) is 5.52. The van der Waals surface area contributed by atoms with E-state index in [0.717, 1.165) is 0 Å². The molecule has 5 rings (SSSR count). The number of aliphatic hydroxyl groups excluding tert-OH is 1. The first-order valence-corrected chi connectivity index (χ1v) is 12.1. The number of aromatic nitrogens is 1. The van der Waals surface area contributed by atoms with Gasteiger partial charge in [-0.05, 0) is 55.5 Å². The summed E-state index contributed by atoms with van der Waals surface area (Å²) in [5.74, 6) is -3.11. The minimum absolute atomic E-state index is 0.0442. The Bertz CT molecular complexity index is 1290. The SMILES string of the molecule is Cc1cc(CNC(=O)C2=C(O)C(=O)N3CC(F)CCC4(NC(=O)c5cccnc5)CCN2C34)ccc1F. The molecule has 1 aromatic carbocycles. The van der Waals surface area contributed by atoms with Crippen molar-refractivity contribution in [2.45, 2.75) is 50.6 Å². The highest BCUT2D eigenvalue weighted by Gasteiger charge is 2.58. The van der Waals surface area contributed by atoms with Crippen LogP contribution in [0.5, 0.6) is 0 Å². The number of rotatable bonds is 5. The van der Waals surface area contributed by atoms with Gasteiger partial charge in [0, 0.05) is 25.5 Å². The minimum atomic E-state index is -1.35. The van der Waals surface area contributed by atoms with E-state index < -0.39 is 41.4 Å². The summed E-state index contributed by atoms with van der Waals surface area (Å²) in [6, 6.07) is 7.66. The molecule has 3 unspecified atom stereocenters. The molecule has 4 heterocycles. The Morgan fingerprint density at radius 1 is 1.22 bits per heavy atom. The molecule has 0 spiro atoms. The highest BCUT2D eigenvalue weighted by molar-refractivity contribution is 6.04. The van der Waals surface area contributed by atoms with Crippen molar-refractivity contribution < 1.29 is 28.3 Å². The largest absolute Gasteiger partial charge is 0.501 e. The highest BCUT2D eigenvalue weighted by Crippen LogP contribution is 2.43. The van der Waals surface area contributed by atoms with Crippen molar-refractivity contribution in [1.29, 1.82) is 0 Å². The molecule has 3 aliphatic rings. The van der Waals surface area contributed by atoms with Crippen molar-refractivity contribution >= 4 is 17.7 Å². The van der Waals surface area contributed by atoms with E-state index in [4.69, 9.17) is 0 Å². The molecule has 0 radical (unpaired) electrons. The molecular weight excluding hydrogens is 484 g/mol. The molecule has 0 saturated carbocycles. The topological polar surface area (TPSA) is 115 Å². The molecule has 3 amide bonds. The molecule has 2 fully saturated rings. The van der Waals surface area contributed by atoms with E-state index >= 15 is 0 Å². The Morgan fingerprint density at radius 3 is 2.76 bits per heavy atom. The van der Waals surface area contributed by atoms with Crippen LogP contribution in [0.2, 0.25) is 0 Å². The lowest BCUT2D eigenvalue weighted by Gasteiger charge is -2.46. The number of alkyl halides is 1. The Balaban J connectivity index is 1.45. The predicted octanol–water partition coefficient (Wildman–Crippen LogP) is 2.09. The van der Waals surface area contributed by atoms with Crippen molar-refractivity contribution in [3.63, 3.8) is 0 Å². The number of halogens is 2. The van der Waals surface area contributed by atoms with Crippen LogP contribution >= 0.6 is 0 Å². The van der Waals surface area contributed by atoms with Gasteiger partial charge < -0.3 is 25.5 Å². The number of amides is 3. The predicted molar refractivity (Wildman–Crippen MR) is 128 cm³/mol. The van der Waals surface area contributed by atoms with Gasteiger partial charge in [0.05, 0.1) is 17.6 Å². The molecule has 0 aliphatic carbocycles. The molecule has 1 aromatic heterocycles. The lowest BCUT2D eigenvalue weighted by Crippen LogP contribution is -2.66. The summed E-state index contributed by atoms with van der Waals surface area (Å²) in [5.41, 5.74) is 0.121. The van der Waals surface area contributed by atoms with Gasteiger partial charge in [-0.1, -0.05) is 12.1 Å². The third-order valence-electron chi connectivity index (χ3n) is 7.33. The maximum absolute atomic E-state index is 14.8. The van der Waals surface area contributed by atoms with Crippen molar-refractivity contribution in [2.24, 2.45) is 0 Å². The normalized spacial score (nSPS) is 25.0. The first kappa shape index (κ1) is 24.7.